The molecule has 26 heavy (non-hydrogen) atoms. The highest BCUT2D eigenvalue weighted by molar-refractivity contribution is 6.21. The van der Waals surface area contributed by atoms with Gasteiger partial charge in [0.1, 0.15) is 0 Å². The zero-order chi connectivity index (χ0) is 18.8. The Morgan fingerprint density at radius 1 is 0.846 bits per heavy atom. The molecule has 8 heteroatoms. The van der Waals surface area contributed by atoms with Crippen molar-refractivity contribution in [1.29, 1.82) is 0 Å². The summed E-state index contributed by atoms with van der Waals surface area (Å²) in [6.45, 7) is 0. The van der Waals surface area contributed by atoms with Crippen molar-refractivity contribution < 1.29 is 33.4 Å². The molecule has 1 heterocycles. The first-order chi connectivity index (χ1) is 12.5. The molecule has 3 rings (SSSR count). The molecule has 0 fully saturated rings. The summed E-state index contributed by atoms with van der Waals surface area (Å²) >= 11 is 0. The number of hydrogen-bond donors (Lipinski definition) is 0. The normalized spacial score (nSPS) is 12.7. The second-order valence-corrected chi connectivity index (χ2v) is 5.24. The molecule has 0 unspecified atom stereocenters. The van der Waals surface area contributed by atoms with E-state index in [1.54, 1.807) is 12.1 Å². The third kappa shape index (κ3) is 2.71. The SMILES string of the molecule is COc1cc(C(=O)ON2C(=O)c3ccccc3C2=O)cc(OC)c1OC. The molecule has 134 valence electrons. The number of rotatable bonds is 5. The van der Waals surface area contributed by atoms with Gasteiger partial charge in [-0.1, -0.05) is 17.2 Å². The zero-order valence-electron chi connectivity index (χ0n) is 14.3. The van der Waals surface area contributed by atoms with E-state index in [0.717, 1.165) is 0 Å². The van der Waals surface area contributed by atoms with Crippen molar-refractivity contribution in [2.75, 3.05) is 21.3 Å². The third-order valence-electron chi connectivity index (χ3n) is 3.83. The minimum absolute atomic E-state index is 0.0241. The summed E-state index contributed by atoms with van der Waals surface area (Å²) in [6, 6.07) is 8.94. The van der Waals surface area contributed by atoms with Crippen LogP contribution in [-0.2, 0) is 4.84 Å². The number of nitrogens with zero attached hydrogens (tertiary/aromatic N) is 1. The first-order valence-electron chi connectivity index (χ1n) is 7.52. The van der Waals surface area contributed by atoms with Crippen LogP contribution in [0.25, 0.3) is 0 Å². The monoisotopic (exact) mass is 357 g/mol. The summed E-state index contributed by atoms with van der Waals surface area (Å²) in [5.41, 5.74) is 0.376. The lowest BCUT2D eigenvalue weighted by Gasteiger charge is -2.15. The van der Waals surface area contributed by atoms with Crippen LogP contribution in [0.1, 0.15) is 31.1 Å². The van der Waals surface area contributed by atoms with Crippen LogP contribution in [0.4, 0.5) is 0 Å². The van der Waals surface area contributed by atoms with E-state index < -0.39 is 17.8 Å². The molecule has 0 radical (unpaired) electrons. The maximum Gasteiger partial charge on any atom is 0.364 e. The van der Waals surface area contributed by atoms with E-state index >= 15 is 0 Å². The van der Waals surface area contributed by atoms with Gasteiger partial charge >= 0.3 is 5.97 Å². The van der Waals surface area contributed by atoms with Gasteiger partial charge in [0.05, 0.1) is 38.0 Å². The molecule has 0 bridgehead atoms. The van der Waals surface area contributed by atoms with Gasteiger partial charge in [0, 0.05) is 0 Å². The summed E-state index contributed by atoms with van der Waals surface area (Å²) in [4.78, 5) is 42.0. The summed E-state index contributed by atoms with van der Waals surface area (Å²) < 4.78 is 15.5. The van der Waals surface area contributed by atoms with Crippen molar-refractivity contribution in [3.63, 3.8) is 0 Å². The van der Waals surface area contributed by atoms with Crippen LogP contribution < -0.4 is 14.2 Å². The summed E-state index contributed by atoms with van der Waals surface area (Å²) in [5, 5.41) is 0.441. The van der Waals surface area contributed by atoms with E-state index in [1.807, 2.05) is 0 Å². The van der Waals surface area contributed by atoms with E-state index in [9.17, 15) is 14.4 Å². The number of amides is 2. The highest BCUT2D eigenvalue weighted by atomic mass is 16.7. The van der Waals surface area contributed by atoms with Gasteiger partial charge in [0.2, 0.25) is 5.75 Å². The highest BCUT2D eigenvalue weighted by Gasteiger charge is 2.39. The van der Waals surface area contributed by atoms with Crippen molar-refractivity contribution in [2.45, 2.75) is 0 Å². The predicted molar refractivity (Wildman–Crippen MR) is 88.5 cm³/mol. The maximum absolute atomic E-state index is 12.5. The van der Waals surface area contributed by atoms with E-state index in [0.29, 0.717) is 10.8 Å². The molecule has 0 saturated carbocycles. The lowest BCUT2D eigenvalue weighted by Crippen LogP contribution is -2.32. The lowest BCUT2D eigenvalue weighted by molar-refractivity contribution is -0.0584. The topological polar surface area (TPSA) is 91.4 Å². The molecule has 0 aromatic heterocycles. The van der Waals surface area contributed by atoms with Crippen LogP contribution in [0.3, 0.4) is 0 Å². The number of carbonyl (C=O) groups is 3. The largest absolute Gasteiger partial charge is 0.493 e. The minimum Gasteiger partial charge on any atom is -0.493 e. The lowest BCUT2D eigenvalue weighted by atomic mass is 10.1. The van der Waals surface area contributed by atoms with Crippen molar-refractivity contribution in [3.05, 3.63) is 53.1 Å². The van der Waals surface area contributed by atoms with Gasteiger partial charge in [0.25, 0.3) is 11.8 Å². The maximum atomic E-state index is 12.5. The van der Waals surface area contributed by atoms with E-state index in [1.165, 1.54) is 45.6 Å². The fraction of sp³-hybridized carbons (Fsp3) is 0.167. The van der Waals surface area contributed by atoms with Gasteiger partial charge in [-0.15, -0.1) is 0 Å². The molecule has 2 aromatic carbocycles. The Bertz CT molecular complexity index is 846. The number of methoxy groups -OCH3 is 3. The molecule has 0 aliphatic carbocycles. The van der Waals surface area contributed by atoms with Gasteiger partial charge in [0.15, 0.2) is 11.5 Å². The van der Waals surface area contributed by atoms with Crippen molar-refractivity contribution >= 4 is 17.8 Å². The predicted octanol–water partition coefficient (Wildman–Crippen LogP) is 2.08. The van der Waals surface area contributed by atoms with Crippen molar-refractivity contribution in [2.24, 2.45) is 0 Å². The minimum atomic E-state index is -0.918. The fourth-order valence-electron chi connectivity index (χ4n) is 2.58. The molecule has 2 amide bonds. The summed E-state index contributed by atoms with van der Waals surface area (Å²) in [6.07, 6.45) is 0. The third-order valence-corrected chi connectivity index (χ3v) is 3.83. The number of ether oxygens (including phenoxy) is 3. The second kappa shape index (κ2) is 6.75. The first-order valence-corrected chi connectivity index (χ1v) is 7.52. The fourth-order valence-corrected chi connectivity index (χ4v) is 2.58. The van der Waals surface area contributed by atoms with Gasteiger partial charge in [-0.05, 0) is 24.3 Å². The molecule has 0 spiro atoms. The molecule has 8 nitrogen and oxygen atoms in total. The van der Waals surface area contributed by atoms with Gasteiger partial charge in [-0.25, -0.2) is 4.79 Å². The Labute approximate surface area is 148 Å². The number of carbonyl (C=O) groups excluding carboxylic acids is 3. The van der Waals surface area contributed by atoms with Crippen LogP contribution in [-0.4, -0.2) is 44.2 Å². The molecular formula is C18H15NO7. The Balaban J connectivity index is 1.90. The number of benzene rings is 2. The van der Waals surface area contributed by atoms with Crippen LogP contribution in [0.15, 0.2) is 36.4 Å². The quantitative estimate of drug-likeness (QED) is 0.757. The molecule has 0 saturated heterocycles. The highest BCUT2D eigenvalue weighted by Crippen LogP contribution is 2.38. The number of hydroxylamine groups is 2. The van der Waals surface area contributed by atoms with Crippen LogP contribution in [0.2, 0.25) is 0 Å². The molecular weight excluding hydrogens is 342 g/mol. The number of imide groups is 1. The molecule has 1 aliphatic heterocycles. The molecule has 0 N–H and O–H groups in total. The standard InChI is InChI=1S/C18H15NO7/c1-23-13-8-10(9-14(24-2)15(13)25-3)18(22)26-19-16(20)11-6-4-5-7-12(11)17(19)21/h4-9H,1-3H3. The zero-order valence-corrected chi connectivity index (χ0v) is 14.3. The van der Waals surface area contributed by atoms with Crippen LogP contribution in [0.5, 0.6) is 17.2 Å². The van der Waals surface area contributed by atoms with Gasteiger partial charge in [-0.3, -0.25) is 9.59 Å². The van der Waals surface area contributed by atoms with Crippen molar-refractivity contribution in [1.82, 2.24) is 5.06 Å². The van der Waals surface area contributed by atoms with Crippen LogP contribution in [0, 0.1) is 0 Å². The Hall–Kier alpha value is -3.55. The van der Waals surface area contributed by atoms with Gasteiger partial charge < -0.3 is 19.0 Å². The number of fused-ring (bicyclic) bond motifs is 1. The average Bonchev–Trinajstić information content (AvgIpc) is 2.91. The second-order valence-electron chi connectivity index (χ2n) is 5.24. The molecule has 2 aromatic rings. The summed E-state index contributed by atoms with van der Waals surface area (Å²) in [5.74, 6) is -1.55. The Kier molecular flexibility index (Phi) is 4.49. The van der Waals surface area contributed by atoms with Crippen LogP contribution >= 0.6 is 0 Å². The number of hydrogen-bond acceptors (Lipinski definition) is 7. The molecule has 1 aliphatic rings. The average molecular weight is 357 g/mol. The van der Waals surface area contributed by atoms with Gasteiger partial charge in [-0.2, -0.15) is 0 Å². The van der Waals surface area contributed by atoms with E-state index in [4.69, 9.17) is 19.0 Å². The Morgan fingerprint density at radius 3 is 1.77 bits per heavy atom. The summed E-state index contributed by atoms with van der Waals surface area (Å²) in [7, 11) is 4.23. The molecule has 0 atom stereocenters. The smallest absolute Gasteiger partial charge is 0.364 e. The van der Waals surface area contributed by atoms with E-state index in [-0.39, 0.29) is 28.2 Å². The Morgan fingerprint density at radius 2 is 1.35 bits per heavy atom. The van der Waals surface area contributed by atoms with Crippen molar-refractivity contribution in [3.8, 4) is 17.2 Å². The van der Waals surface area contributed by atoms with E-state index in [2.05, 4.69) is 0 Å². The first kappa shape index (κ1) is 17.3.